The molecule has 1 amide bonds. The van der Waals surface area contributed by atoms with Gasteiger partial charge in [0.15, 0.2) is 11.0 Å². The maximum atomic E-state index is 12.7. The minimum atomic E-state index is -4.76. The summed E-state index contributed by atoms with van der Waals surface area (Å²) in [6, 6.07) is 18.7. The van der Waals surface area contributed by atoms with E-state index in [1.54, 1.807) is 7.11 Å². The number of ether oxygens (including phenoxy) is 3. The quantitative estimate of drug-likeness (QED) is 0.152. The van der Waals surface area contributed by atoms with E-state index in [-0.39, 0.29) is 18.3 Å². The van der Waals surface area contributed by atoms with Crippen LogP contribution in [0.15, 0.2) is 90.7 Å². The van der Waals surface area contributed by atoms with Crippen LogP contribution in [-0.4, -0.2) is 58.4 Å². The van der Waals surface area contributed by atoms with Gasteiger partial charge in [-0.2, -0.15) is 4.99 Å². The fraction of sp³-hybridized carbons (Fsp3) is 0.273. The van der Waals surface area contributed by atoms with Crippen molar-refractivity contribution >= 4 is 28.7 Å². The number of carbonyl (C=O) groups is 1. The molecule has 0 N–H and O–H groups in total. The summed E-state index contributed by atoms with van der Waals surface area (Å²) in [6.07, 6.45) is -0.630. The molecule has 0 radical (unpaired) electrons. The maximum absolute atomic E-state index is 12.7. The number of aromatic nitrogens is 3. The largest absolute Gasteiger partial charge is 0.573 e. The van der Waals surface area contributed by atoms with Gasteiger partial charge in [-0.05, 0) is 47.9 Å². The van der Waals surface area contributed by atoms with Gasteiger partial charge in [-0.25, -0.2) is 14.5 Å². The monoisotopic (exact) mass is 651 g/mol. The van der Waals surface area contributed by atoms with Gasteiger partial charge >= 0.3 is 12.5 Å². The van der Waals surface area contributed by atoms with Gasteiger partial charge in [0.1, 0.15) is 17.8 Å². The first-order chi connectivity index (χ1) is 22.2. The highest BCUT2D eigenvalue weighted by Crippen LogP contribution is 2.37. The highest BCUT2D eigenvalue weighted by atomic mass is 32.2. The molecule has 0 bridgehead atoms. The van der Waals surface area contributed by atoms with E-state index in [0.29, 0.717) is 29.6 Å². The molecule has 0 saturated carbocycles. The highest BCUT2D eigenvalue weighted by molar-refractivity contribution is 8.14. The molecule has 13 heteroatoms. The Kier molecular flexibility index (Phi) is 10.3. The number of hydrogen-bond donors (Lipinski definition) is 0. The number of thioether (sulfide) groups is 1. The summed E-state index contributed by atoms with van der Waals surface area (Å²) in [4.78, 5) is 23.3. The standard InChI is InChI=1S/C33H32F3N5O4S/c1-4-23(5-2)28-15-14-27(43-3)20-29(28)40-17-19-46-31(40)38-32(42)44-18-16-22-6-8-24(9-7-22)30-37-21-41(39-30)25-10-12-26(13-11-25)45-33(34,35)36/h4,6-15,20-21,23H,1,5,16-19H2,2-3H3/b38-31-. The van der Waals surface area contributed by atoms with Crippen LogP contribution >= 0.6 is 11.8 Å². The molecular weight excluding hydrogens is 619 g/mol. The lowest BCUT2D eigenvalue weighted by Crippen LogP contribution is -2.26. The normalized spacial score (nSPS) is 14.7. The van der Waals surface area contributed by atoms with Crippen LogP contribution in [-0.2, 0) is 11.2 Å². The number of anilines is 1. The van der Waals surface area contributed by atoms with Crippen molar-refractivity contribution in [1.82, 2.24) is 14.8 Å². The number of amidine groups is 1. The molecule has 1 saturated heterocycles. The number of hydrogen-bond acceptors (Lipinski definition) is 7. The molecule has 1 aliphatic heterocycles. The predicted molar refractivity (Wildman–Crippen MR) is 172 cm³/mol. The summed E-state index contributed by atoms with van der Waals surface area (Å²) in [5, 5.41) is 5.01. The Morgan fingerprint density at radius 3 is 2.52 bits per heavy atom. The van der Waals surface area contributed by atoms with Crippen LogP contribution in [0, 0.1) is 0 Å². The number of aliphatic imine (C=N–C) groups is 1. The molecule has 3 aromatic carbocycles. The number of halogens is 3. The molecule has 1 aliphatic rings. The molecule has 1 aromatic heterocycles. The Hall–Kier alpha value is -4.78. The first-order valence-corrected chi connectivity index (χ1v) is 15.5. The van der Waals surface area contributed by atoms with E-state index in [9.17, 15) is 18.0 Å². The summed E-state index contributed by atoms with van der Waals surface area (Å²) in [5.74, 6) is 1.79. The van der Waals surface area contributed by atoms with Crippen molar-refractivity contribution in [2.75, 3.05) is 30.9 Å². The first-order valence-electron chi connectivity index (χ1n) is 14.5. The summed E-state index contributed by atoms with van der Waals surface area (Å²) < 4.78 is 53.5. The van der Waals surface area contributed by atoms with Gasteiger partial charge in [-0.3, -0.25) is 0 Å². The topological polar surface area (TPSA) is 91.1 Å². The lowest BCUT2D eigenvalue weighted by Gasteiger charge is -2.24. The SMILES string of the molecule is C=CC(CC)c1ccc(OC)cc1N1CCS/C1=N\C(=O)OCCc1ccc(-c2ncn(-c3ccc(OC(F)(F)F)cc3)n2)cc1. The Morgan fingerprint density at radius 1 is 1.11 bits per heavy atom. The van der Waals surface area contributed by atoms with Crippen molar-refractivity contribution in [3.63, 3.8) is 0 Å². The zero-order valence-electron chi connectivity index (χ0n) is 25.2. The maximum Gasteiger partial charge on any atom is 0.573 e. The number of allylic oxidation sites excluding steroid dienone is 1. The number of alkyl halides is 3. The number of benzene rings is 3. The van der Waals surface area contributed by atoms with Crippen molar-refractivity contribution in [1.29, 1.82) is 0 Å². The second-order valence-electron chi connectivity index (χ2n) is 10.2. The lowest BCUT2D eigenvalue weighted by atomic mass is 9.94. The van der Waals surface area contributed by atoms with Crippen LogP contribution in [0.25, 0.3) is 17.1 Å². The minimum absolute atomic E-state index is 0.152. The molecule has 4 aromatic rings. The predicted octanol–water partition coefficient (Wildman–Crippen LogP) is 7.81. The summed E-state index contributed by atoms with van der Waals surface area (Å²) in [5.41, 5.74) is 4.26. The molecule has 46 heavy (non-hydrogen) atoms. The first kappa shape index (κ1) is 32.6. The molecule has 240 valence electrons. The van der Waals surface area contributed by atoms with E-state index in [0.717, 1.165) is 40.3 Å². The zero-order valence-corrected chi connectivity index (χ0v) is 26.1. The second kappa shape index (κ2) is 14.5. The Morgan fingerprint density at radius 2 is 1.85 bits per heavy atom. The van der Waals surface area contributed by atoms with E-state index in [1.807, 2.05) is 53.4 Å². The van der Waals surface area contributed by atoms with Gasteiger partial charge in [-0.15, -0.1) is 24.8 Å². The molecule has 1 atom stereocenters. The fourth-order valence-corrected chi connectivity index (χ4v) is 5.88. The van der Waals surface area contributed by atoms with Crippen molar-refractivity contribution < 1.29 is 32.2 Å². The number of methoxy groups -OCH3 is 1. The van der Waals surface area contributed by atoms with E-state index < -0.39 is 12.5 Å². The van der Waals surface area contributed by atoms with E-state index in [4.69, 9.17) is 9.47 Å². The van der Waals surface area contributed by atoms with E-state index in [2.05, 4.69) is 33.3 Å². The molecule has 1 unspecified atom stereocenters. The molecule has 2 heterocycles. The number of amides is 1. The Bertz CT molecular complexity index is 1690. The molecular formula is C33H32F3N5O4S. The third-order valence-corrected chi connectivity index (χ3v) is 8.23. The second-order valence-corrected chi connectivity index (χ2v) is 11.2. The minimum Gasteiger partial charge on any atom is -0.497 e. The van der Waals surface area contributed by atoms with Crippen LogP contribution in [0.4, 0.5) is 23.7 Å². The van der Waals surface area contributed by atoms with Crippen LogP contribution in [0.1, 0.15) is 30.4 Å². The fourth-order valence-electron chi connectivity index (χ4n) is 4.94. The van der Waals surface area contributed by atoms with E-state index >= 15 is 0 Å². The number of nitrogens with zero attached hydrogens (tertiary/aromatic N) is 5. The summed E-state index contributed by atoms with van der Waals surface area (Å²) in [6.45, 7) is 6.95. The molecule has 0 aliphatic carbocycles. The lowest BCUT2D eigenvalue weighted by molar-refractivity contribution is -0.274. The van der Waals surface area contributed by atoms with Crippen LogP contribution in [0.5, 0.6) is 11.5 Å². The third-order valence-electron chi connectivity index (χ3n) is 7.27. The van der Waals surface area contributed by atoms with Gasteiger partial charge in [-0.1, -0.05) is 55.1 Å². The van der Waals surface area contributed by atoms with Crippen LogP contribution in [0.3, 0.4) is 0 Å². The molecule has 1 fully saturated rings. The average molecular weight is 652 g/mol. The van der Waals surface area contributed by atoms with Crippen molar-refractivity contribution in [3.05, 3.63) is 96.8 Å². The van der Waals surface area contributed by atoms with Crippen molar-refractivity contribution in [2.45, 2.75) is 32.0 Å². The smallest absolute Gasteiger partial charge is 0.497 e. The highest BCUT2D eigenvalue weighted by Gasteiger charge is 2.31. The Labute approximate surface area is 268 Å². The number of carbonyl (C=O) groups excluding carboxylic acids is 1. The summed E-state index contributed by atoms with van der Waals surface area (Å²) >= 11 is 1.50. The third kappa shape index (κ3) is 8.08. The summed E-state index contributed by atoms with van der Waals surface area (Å²) in [7, 11) is 1.62. The molecule has 9 nitrogen and oxygen atoms in total. The van der Waals surface area contributed by atoms with E-state index in [1.165, 1.54) is 47.0 Å². The van der Waals surface area contributed by atoms with Crippen LogP contribution < -0.4 is 14.4 Å². The number of rotatable bonds is 11. The van der Waals surface area contributed by atoms with Gasteiger partial charge in [0.2, 0.25) is 0 Å². The van der Waals surface area contributed by atoms with Gasteiger partial charge in [0.25, 0.3) is 0 Å². The average Bonchev–Trinajstić information content (AvgIpc) is 3.72. The molecule has 0 spiro atoms. The molecule has 5 rings (SSSR count). The Balaban J connectivity index is 1.17. The van der Waals surface area contributed by atoms with Crippen molar-refractivity contribution in [2.24, 2.45) is 4.99 Å². The van der Waals surface area contributed by atoms with Gasteiger partial charge < -0.3 is 19.1 Å². The zero-order chi connectivity index (χ0) is 32.7. The van der Waals surface area contributed by atoms with Gasteiger partial charge in [0.05, 0.1) is 25.1 Å². The van der Waals surface area contributed by atoms with Crippen molar-refractivity contribution in [3.8, 4) is 28.6 Å². The van der Waals surface area contributed by atoms with Crippen LogP contribution in [0.2, 0.25) is 0 Å². The van der Waals surface area contributed by atoms with Gasteiger partial charge in [0, 0.05) is 36.3 Å².